The zero-order chi connectivity index (χ0) is 14.5. The number of para-hydroxylation sites is 1. The summed E-state index contributed by atoms with van der Waals surface area (Å²) in [6.45, 7) is 0.269. The van der Waals surface area contributed by atoms with Gasteiger partial charge in [-0.25, -0.2) is 0 Å². The Morgan fingerprint density at radius 3 is 2.60 bits per heavy atom. The quantitative estimate of drug-likeness (QED) is 0.447. The molecule has 0 heterocycles. The maximum atomic E-state index is 10.9. The van der Waals surface area contributed by atoms with Crippen molar-refractivity contribution >= 4 is 28.3 Å². The molecule has 0 saturated heterocycles. The Morgan fingerprint density at radius 1 is 1.20 bits per heavy atom. The highest BCUT2D eigenvalue weighted by Crippen LogP contribution is 2.28. The molecule has 0 aromatic heterocycles. The summed E-state index contributed by atoms with van der Waals surface area (Å²) in [5, 5.41) is 10.9. The van der Waals surface area contributed by atoms with E-state index in [-0.39, 0.29) is 18.0 Å². The van der Waals surface area contributed by atoms with Crippen LogP contribution in [0.5, 0.6) is 11.5 Å². The summed E-state index contributed by atoms with van der Waals surface area (Å²) in [7, 11) is 1.41. The van der Waals surface area contributed by atoms with Gasteiger partial charge < -0.3 is 9.47 Å². The van der Waals surface area contributed by atoms with Crippen LogP contribution in [0.3, 0.4) is 0 Å². The first-order chi connectivity index (χ1) is 9.61. The molecule has 20 heavy (non-hydrogen) atoms. The number of hydrogen-bond acceptors (Lipinski definition) is 4. The summed E-state index contributed by atoms with van der Waals surface area (Å²) in [4.78, 5) is 10.5. The summed E-state index contributed by atoms with van der Waals surface area (Å²) >= 11 is 2.18. The summed E-state index contributed by atoms with van der Waals surface area (Å²) in [5.41, 5.74) is 0.661. The van der Waals surface area contributed by atoms with Gasteiger partial charge in [0.25, 0.3) is 0 Å². The smallest absolute Gasteiger partial charge is 0.311 e. The van der Waals surface area contributed by atoms with Crippen molar-refractivity contribution in [3.8, 4) is 11.5 Å². The Bertz CT molecular complexity index is 630. The van der Waals surface area contributed by atoms with Gasteiger partial charge in [-0.2, -0.15) is 0 Å². The number of nitrogens with zero attached hydrogens (tertiary/aromatic N) is 1. The summed E-state index contributed by atoms with van der Waals surface area (Å²) in [6.07, 6.45) is 0. The van der Waals surface area contributed by atoms with E-state index in [9.17, 15) is 10.1 Å². The van der Waals surface area contributed by atoms with Crippen LogP contribution in [0, 0.1) is 13.7 Å². The lowest BCUT2D eigenvalue weighted by atomic mass is 10.2. The maximum Gasteiger partial charge on any atom is 0.311 e. The highest BCUT2D eigenvalue weighted by molar-refractivity contribution is 14.1. The zero-order valence-corrected chi connectivity index (χ0v) is 12.9. The molecule has 0 saturated carbocycles. The minimum absolute atomic E-state index is 0.0589. The number of methoxy groups -OCH3 is 1. The number of rotatable bonds is 5. The fraction of sp³-hybridized carbons (Fsp3) is 0.143. The minimum Gasteiger partial charge on any atom is -0.490 e. The van der Waals surface area contributed by atoms with Crippen molar-refractivity contribution in [1.82, 2.24) is 0 Å². The normalized spacial score (nSPS) is 10.1. The lowest BCUT2D eigenvalue weighted by Crippen LogP contribution is -1.99. The maximum absolute atomic E-state index is 10.9. The van der Waals surface area contributed by atoms with Crippen molar-refractivity contribution < 1.29 is 14.4 Å². The molecule has 0 N–H and O–H groups in total. The molecule has 5 nitrogen and oxygen atoms in total. The first-order valence-corrected chi connectivity index (χ1v) is 6.88. The molecule has 2 aromatic rings. The van der Waals surface area contributed by atoms with E-state index in [2.05, 4.69) is 22.6 Å². The zero-order valence-electron chi connectivity index (χ0n) is 10.7. The third-order valence-corrected chi connectivity index (χ3v) is 3.56. The molecule has 6 heteroatoms. The van der Waals surface area contributed by atoms with Gasteiger partial charge in [-0.3, -0.25) is 10.1 Å². The van der Waals surface area contributed by atoms with E-state index in [0.29, 0.717) is 0 Å². The Morgan fingerprint density at radius 2 is 1.95 bits per heavy atom. The van der Waals surface area contributed by atoms with Crippen LogP contribution in [0.15, 0.2) is 42.5 Å². The highest BCUT2D eigenvalue weighted by atomic mass is 127. The summed E-state index contributed by atoms with van der Waals surface area (Å²) in [5.74, 6) is 1.000. The number of hydrogen-bond donors (Lipinski definition) is 0. The van der Waals surface area contributed by atoms with E-state index in [4.69, 9.17) is 9.47 Å². The largest absolute Gasteiger partial charge is 0.490 e. The van der Waals surface area contributed by atoms with Crippen LogP contribution in [0.4, 0.5) is 5.69 Å². The lowest BCUT2D eigenvalue weighted by molar-refractivity contribution is -0.385. The number of nitro benzene ring substituents is 1. The molecular formula is C14H12INO4. The Kier molecular flexibility index (Phi) is 4.78. The summed E-state index contributed by atoms with van der Waals surface area (Å²) in [6, 6.07) is 12.4. The van der Waals surface area contributed by atoms with E-state index in [1.54, 1.807) is 12.1 Å². The fourth-order valence-electron chi connectivity index (χ4n) is 1.69. The molecule has 0 unspecified atom stereocenters. The van der Waals surface area contributed by atoms with Crippen LogP contribution in [0.25, 0.3) is 0 Å². The van der Waals surface area contributed by atoms with Crippen molar-refractivity contribution in [2.24, 2.45) is 0 Å². The number of halogens is 1. The van der Waals surface area contributed by atoms with Crippen molar-refractivity contribution in [3.05, 3.63) is 61.7 Å². The van der Waals surface area contributed by atoms with Crippen LogP contribution in [0.2, 0.25) is 0 Å². The van der Waals surface area contributed by atoms with Crippen molar-refractivity contribution in [2.45, 2.75) is 6.61 Å². The molecule has 2 rings (SSSR count). The first kappa shape index (κ1) is 14.6. The molecule has 0 aliphatic carbocycles. The van der Waals surface area contributed by atoms with Gasteiger partial charge in [0.05, 0.1) is 15.6 Å². The minimum atomic E-state index is -0.464. The SMILES string of the molecule is COc1ccc(COc2ccccc2I)cc1[N+](=O)[O-]. The number of ether oxygens (including phenoxy) is 2. The van der Waals surface area contributed by atoms with Gasteiger partial charge in [-0.15, -0.1) is 0 Å². The summed E-state index contributed by atoms with van der Waals surface area (Å²) < 4.78 is 11.6. The molecule has 0 spiro atoms. The van der Waals surface area contributed by atoms with E-state index in [0.717, 1.165) is 14.9 Å². The van der Waals surface area contributed by atoms with Crippen LogP contribution in [-0.2, 0) is 6.61 Å². The van der Waals surface area contributed by atoms with Crippen molar-refractivity contribution in [2.75, 3.05) is 7.11 Å². The van der Waals surface area contributed by atoms with E-state index < -0.39 is 4.92 Å². The predicted molar refractivity (Wildman–Crippen MR) is 83.1 cm³/mol. The standard InChI is InChI=1S/C14H12INO4/c1-19-14-7-6-10(8-12(14)16(17)18)9-20-13-5-3-2-4-11(13)15/h2-8H,9H2,1H3. The molecular weight excluding hydrogens is 373 g/mol. The van der Waals surface area contributed by atoms with Crippen molar-refractivity contribution in [3.63, 3.8) is 0 Å². The van der Waals surface area contributed by atoms with Crippen LogP contribution < -0.4 is 9.47 Å². The van der Waals surface area contributed by atoms with E-state index in [1.165, 1.54) is 13.2 Å². The molecule has 0 atom stereocenters. The first-order valence-electron chi connectivity index (χ1n) is 5.80. The molecule has 0 aliphatic rings. The van der Waals surface area contributed by atoms with Gasteiger partial charge in [-0.1, -0.05) is 18.2 Å². The second kappa shape index (κ2) is 6.56. The average Bonchev–Trinajstić information content (AvgIpc) is 2.46. The van der Waals surface area contributed by atoms with Gasteiger partial charge in [0.1, 0.15) is 12.4 Å². The Hall–Kier alpha value is -1.83. The molecule has 0 aliphatic heterocycles. The third-order valence-electron chi connectivity index (χ3n) is 2.67. The second-order valence-corrected chi connectivity index (χ2v) is 5.14. The molecule has 104 valence electrons. The van der Waals surface area contributed by atoms with Crippen molar-refractivity contribution in [1.29, 1.82) is 0 Å². The molecule has 0 fully saturated rings. The van der Waals surface area contributed by atoms with Crippen LogP contribution in [0.1, 0.15) is 5.56 Å². The Balaban J connectivity index is 2.16. The van der Waals surface area contributed by atoms with E-state index in [1.807, 2.05) is 24.3 Å². The average molecular weight is 385 g/mol. The van der Waals surface area contributed by atoms with E-state index >= 15 is 0 Å². The Labute approximate surface area is 129 Å². The third kappa shape index (κ3) is 3.38. The second-order valence-electron chi connectivity index (χ2n) is 3.98. The van der Waals surface area contributed by atoms with Gasteiger partial charge in [0, 0.05) is 6.07 Å². The van der Waals surface area contributed by atoms with Crippen LogP contribution in [-0.4, -0.2) is 12.0 Å². The topological polar surface area (TPSA) is 61.6 Å². The van der Waals surface area contributed by atoms with Crippen LogP contribution >= 0.6 is 22.6 Å². The highest BCUT2D eigenvalue weighted by Gasteiger charge is 2.15. The fourth-order valence-corrected chi connectivity index (χ4v) is 2.23. The molecule has 2 aromatic carbocycles. The predicted octanol–water partition coefficient (Wildman–Crippen LogP) is 3.79. The molecule has 0 bridgehead atoms. The van der Waals surface area contributed by atoms with Gasteiger partial charge in [0.2, 0.25) is 0 Å². The number of nitro groups is 1. The monoisotopic (exact) mass is 385 g/mol. The molecule has 0 radical (unpaired) electrons. The van der Waals surface area contributed by atoms with Gasteiger partial charge in [-0.05, 0) is 46.4 Å². The lowest BCUT2D eigenvalue weighted by Gasteiger charge is -2.09. The molecule has 0 amide bonds. The van der Waals surface area contributed by atoms with Gasteiger partial charge in [0.15, 0.2) is 5.75 Å². The van der Waals surface area contributed by atoms with Gasteiger partial charge >= 0.3 is 5.69 Å². The number of benzene rings is 2.